The molecule has 0 aliphatic carbocycles. The molecule has 0 aromatic rings. The molecule has 0 aliphatic heterocycles. The van der Waals surface area contributed by atoms with E-state index >= 15 is 0 Å². The molecule has 0 heterocycles. The van der Waals surface area contributed by atoms with Crippen molar-refractivity contribution < 1.29 is 59.4 Å². The van der Waals surface area contributed by atoms with Gasteiger partial charge in [0.1, 0.15) is 0 Å². The summed E-state index contributed by atoms with van der Waals surface area (Å²) in [5.74, 6) is 0. The molecule has 0 rings (SSSR count). The molecule has 0 aromatic heterocycles. The van der Waals surface area contributed by atoms with Crippen LogP contribution in [0.2, 0.25) is 0 Å². The predicted molar refractivity (Wildman–Crippen MR) is 47.9 cm³/mol. The molecule has 14 heteroatoms. The smallest absolute Gasteiger partial charge is 0.554 e. The Kier molecular flexibility index (Phi) is 737. The topological polar surface area (TPSA) is 241 Å². The van der Waals surface area contributed by atoms with E-state index in [2.05, 4.69) is 0 Å². The summed E-state index contributed by atoms with van der Waals surface area (Å²) in [5.41, 5.74) is 0. The molecule has 0 unspecified atom stereocenters. The van der Waals surface area contributed by atoms with Crippen molar-refractivity contribution in [2.75, 3.05) is 0 Å². The van der Waals surface area contributed by atoms with Gasteiger partial charge in [-0.2, -0.15) is 0 Å². The molecule has 0 spiro atoms. The zero-order valence-corrected chi connectivity index (χ0v) is 11.8. The molecule has 0 bridgehead atoms. The summed E-state index contributed by atoms with van der Waals surface area (Å²) in [5, 5.41) is 49.5. The first-order valence-electron chi connectivity index (χ1n) is 2.83. The van der Waals surface area contributed by atoms with Gasteiger partial charge in [-0.05, 0) is 0 Å². The maximum Gasteiger partial charge on any atom is 3.00 e. The third-order valence-electron chi connectivity index (χ3n) is 0. The summed E-state index contributed by atoms with van der Waals surface area (Å²) in [6, 6.07) is 0. The van der Waals surface area contributed by atoms with Crippen molar-refractivity contribution in [3.05, 3.63) is 0 Å². The van der Waals surface area contributed by atoms with Gasteiger partial charge in [0.15, 0.2) is 0 Å². The average molecular weight is 324 g/mol. The van der Waals surface area contributed by atoms with E-state index in [0.717, 1.165) is 0 Å². The monoisotopic (exact) mass is 324 g/mol. The van der Waals surface area contributed by atoms with Crippen LogP contribution in [0.5, 0.6) is 0 Å². The minimum atomic E-state index is -0.500. The van der Waals surface area contributed by atoms with E-state index in [1.54, 1.807) is 0 Å². The van der Waals surface area contributed by atoms with E-state index < -0.39 is 38.8 Å². The zero-order chi connectivity index (χ0) is 16.2. The number of hydrogen-bond acceptors (Lipinski definition) is 12. The van der Waals surface area contributed by atoms with Crippen molar-refractivity contribution in [1.82, 2.24) is 0 Å². The molecular formula is C6H6Al2O12. The van der Waals surface area contributed by atoms with Gasteiger partial charge < -0.3 is 59.4 Å². The van der Waals surface area contributed by atoms with Crippen LogP contribution in [0.15, 0.2) is 0 Å². The van der Waals surface area contributed by atoms with Crippen molar-refractivity contribution >= 4 is 73.6 Å². The number of carboxylic acid groups (broad SMARTS) is 6. The predicted octanol–water partition coefficient (Wildman–Crippen LogP) is -10.6. The SMILES string of the molecule is O=C[O-].O=C[O-].O=C[O-].O=C[O-].O=C[O-].O=C[O-].[Al+3].[Al+3]. The van der Waals surface area contributed by atoms with Crippen molar-refractivity contribution in [3.8, 4) is 0 Å². The van der Waals surface area contributed by atoms with Gasteiger partial charge >= 0.3 is 34.7 Å². The Morgan fingerprint density at radius 2 is 0.350 bits per heavy atom. The van der Waals surface area contributed by atoms with Crippen LogP contribution in [-0.4, -0.2) is 73.6 Å². The van der Waals surface area contributed by atoms with E-state index in [1.807, 2.05) is 0 Å². The number of carbonyl (C=O) groups excluding carboxylic acids is 6. The third kappa shape index (κ3) is 787. The summed E-state index contributed by atoms with van der Waals surface area (Å²) >= 11 is 0. The van der Waals surface area contributed by atoms with Crippen molar-refractivity contribution in [2.24, 2.45) is 0 Å². The fraction of sp³-hybridized carbons (Fsp3) is 0. The second kappa shape index (κ2) is 282. The van der Waals surface area contributed by atoms with Gasteiger partial charge in [0.2, 0.25) is 0 Å². The second-order valence-corrected chi connectivity index (χ2v) is 0.577. The minimum absolute atomic E-state index is 0. The van der Waals surface area contributed by atoms with Gasteiger partial charge in [-0.25, -0.2) is 0 Å². The van der Waals surface area contributed by atoms with Crippen LogP contribution in [0.1, 0.15) is 0 Å². The Morgan fingerprint density at radius 1 is 0.350 bits per heavy atom. The average Bonchev–Trinajstić information content (AvgIpc) is 2.23. The number of rotatable bonds is 0. The van der Waals surface area contributed by atoms with Crippen molar-refractivity contribution in [3.63, 3.8) is 0 Å². The Balaban J connectivity index is -0.0000000141. The molecule has 108 valence electrons. The molecule has 20 heavy (non-hydrogen) atoms. The largest absolute Gasteiger partial charge is 3.00 e. The fourth-order valence-corrected chi connectivity index (χ4v) is 0. The first-order chi connectivity index (χ1) is 8.49. The fourth-order valence-electron chi connectivity index (χ4n) is 0. The van der Waals surface area contributed by atoms with E-state index in [9.17, 15) is 0 Å². The molecule has 0 amide bonds. The first kappa shape index (κ1) is 52.2. The molecular weight excluding hydrogens is 318 g/mol. The summed E-state index contributed by atoms with van der Waals surface area (Å²) < 4.78 is 0. The van der Waals surface area contributed by atoms with Gasteiger partial charge in [-0.15, -0.1) is 0 Å². The molecule has 0 radical (unpaired) electrons. The Morgan fingerprint density at radius 3 is 0.350 bits per heavy atom. The van der Waals surface area contributed by atoms with Gasteiger partial charge in [0.05, 0.1) is 0 Å². The summed E-state index contributed by atoms with van der Waals surface area (Å²) in [4.78, 5) is 49.5. The van der Waals surface area contributed by atoms with Gasteiger partial charge in [-0.3, -0.25) is 0 Å². The summed E-state index contributed by atoms with van der Waals surface area (Å²) in [7, 11) is 0. The van der Waals surface area contributed by atoms with Crippen LogP contribution in [0.4, 0.5) is 0 Å². The van der Waals surface area contributed by atoms with E-state index in [-0.39, 0.29) is 34.7 Å². The summed E-state index contributed by atoms with van der Waals surface area (Å²) in [6.45, 7) is -3.00. The van der Waals surface area contributed by atoms with Crippen LogP contribution in [0, 0.1) is 0 Å². The normalized spacial score (nSPS) is 3.60. The van der Waals surface area contributed by atoms with Gasteiger partial charge in [-0.1, -0.05) is 0 Å². The maximum absolute atomic E-state index is 8.25. The first-order valence-corrected chi connectivity index (χ1v) is 2.83. The van der Waals surface area contributed by atoms with Crippen LogP contribution in [-0.2, 0) is 28.8 Å². The molecule has 12 nitrogen and oxygen atoms in total. The van der Waals surface area contributed by atoms with Crippen molar-refractivity contribution in [1.29, 1.82) is 0 Å². The Hall–Kier alpha value is -2.12. The Bertz CT molecular complexity index is 117. The molecule has 0 atom stereocenters. The molecule has 0 aliphatic rings. The quantitative estimate of drug-likeness (QED) is 0.298. The van der Waals surface area contributed by atoms with E-state index in [0.29, 0.717) is 0 Å². The summed E-state index contributed by atoms with van der Waals surface area (Å²) in [6.07, 6.45) is 0. The number of carbonyl (C=O) groups is 6. The number of hydrogen-bond donors (Lipinski definition) is 0. The zero-order valence-electron chi connectivity index (χ0n) is 9.52. The standard InChI is InChI=1S/6CH2O2.2Al/c6*2-1-3;;/h6*1H,(H,2,3);;/q;;;;;;2*+3/p-6. The Labute approximate surface area is 133 Å². The van der Waals surface area contributed by atoms with Crippen LogP contribution < -0.4 is 30.6 Å². The molecule has 0 N–H and O–H groups in total. The molecule has 0 saturated heterocycles. The molecule has 0 aromatic carbocycles. The maximum atomic E-state index is 8.25. The molecule has 0 saturated carbocycles. The molecule has 0 fully saturated rings. The minimum Gasteiger partial charge on any atom is -0.554 e. The van der Waals surface area contributed by atoms with Crippen LogP contribution in [0.25, 0.3) is 0 Å². The van der Waals surface area contributed by atoms with E-state index in [1.165, 1.54) is 0 Å². The second-order valence-electron chi connectivity index (χ2n) is 0.577. The van der Waals surface area contributed by atoms with Gasteiger partial charge in [0.25, 0.3) is 0 Å². The van der Waals surface area contributed by atoms with Crippen LogP contribution >= 0.6 is 0 Å². The van der Waals surface area contributed by atoms with Gasteiger partial charge in [0, 0.05) is 38.8 Å². The van der Waals surface area contributed by atoms with Crippen LogP contribution in [0.3, 0.4) is 0 Å². The van der Waals surface area contributed by atoms with Crippen molar-refractivity contribution in [2.45, 2.75) is 0 Å². The van der Waals surface area contributed by atoms with E-state index in [4.69, 9.17) is 59.4 Å². The third-order valence-corrected chi connectivity index (χ3v) is 0.